The van der Waals surface area contributed by atoms with Gasteiger partial charge in [-0.3, -0.25) is 4.98 Å². The number of ether oxygens (including phenoxy) is 3. The minimum atomic E-state index is -0.203. The Morgan fingerprint density at radius 3 is 2.82 bits per heavy atom. The number of benzene rings is 1. The number of nitrogens with zero attached hydrogens (tertiary/aromatic N) is 1. The summed E-state index contributed by atoms with van der Waals surface area (Å²) in [6, 6.07) is 13.3. The van der Waals surface area contributed by atoms with Gasteiger partial charge in [-0.15, -0.1) is 5.92 Å². The SMILES string of the molecule is C[C@H]1[CH-]OC(Oc2cccc(OCc3ccccn3)c2)C1.[Cs+]. The average molecular weight is 417 g/mol. The quantitative estimate of drug-likeness (QED) is 0.668. The van der Waals surface area contributed by atoms with Crippen LogP contribution in [0.5, 0.6) is 11.5 Å². The molecule has 1 fully saturated rings. The zero-order chi connectivity index (χ0) is 14.5. The number of hydrogen-bond donors (Lipinski definition) is 0. The molecule has 0 aliphatic carbocycles. The number of hydrogen-bond acceptors (Lipinski definition) is 4. The maximum Gasteiger partial charge on any atom is 1.00 e. The molecular formula is C17H18CsNO3. The van der Waals surface area contributed by atoms with Gasteiger partial charge in [-0.05, 0) is 30.7 Å². The summed E-state index contributed by atoms with van der Waals surface area (Å²) in [6.45, 7) is 4.37. The molecule has 2 aromatic rings. The predicted octanol–water partition coefficient (Wildman–Crippen LogP) is 0.588. The van der Waals surface area contributed by atoms with E-state index in [1.54, 1.807) is 6.20 Å². The first kappa shape index (κ1) is 18.3. The van der Waals surface area contributed by atoms with Crippen molar-refractivity contribution in [2.45, 2.75) is 26.2 Å². The van der Waals surface area contributed by atoms with Crippen molar-refractivity contribution in [2.75, 3.05) is 0 Å². The monoisotopic (exact) mass is 417 g/mol. The molecule has 110 valence electrons. The van der Waals surface area contributed by atoms with Crippen LogP contribution in [0.2, 0.25) is 0 Å². The summed E-state index contributed by atoms with van der Waals surface area (Å²) < 4.78 is 17.0. The third-order valence-corrected chi connectivity index (χ3v) is 3.21. The number of aromatic nitrogens is 1. The molecule has 2 atom stereocenters. The van der Waals surface area contributed by atoms with E-state index in [1.807, 2.05) is 49.1 Å². The summed E-state index contributed by atoms with van der Waals surface area (Å²) >= 11 is 0. The normalized spacial score (nSPS) is 20.2. The van der Waals surface area contributed by atoms with Gasteiger partial charge in [-0.2, -0.15) is 0 Å². The summed E-state index contributed by atoms with van der Waals surface area (Å²) in [4.78, 5) is 4.23. The zero-order valence-electron chi connectivity index (χ0n) is 12.9. The van der Waals surface area contributed by atoms with Crippen LogP contribution in [0.15, 0.2) is 48.7 Å². The molecule has 1 aliphatic rings. The van der Waals surface area contributed by atoms with Gasteiger partial charge >= 0.3 is 68.9 Å². The van der Waals surface area contributed by atoms with Gasteiger partial charge in [0.2, 0.25) is 0 Å². The predicted molar refractivity (Wildman–Crippen MR) is 78.6 cm³/mol. The fourth-order valence-electron chi connectivity index (χ4n) is 2.14. The van der Waals surface area contributed by atoms with E-state index < -0.39 is 0 Å². The summed E-state index contributed by atoms with van der Waals surface area (Å²) in [5.74, 6) is 1.94. The van der Waals surface area contributed by atoms with E-state index in [1.165, 1.54) is 0 Å². The van der Waals surface area contributed by atoms with Crippen LogP contribution >= 0.6 is 0 Å². The second-order valence-corrected chi connectivity index (χ2v) is 5.12. The molecule has 4 nitrogen and oxygen atoms in total. The van der Waals surface area contributed by atoms with E-state index in [2.05, 4.69) is 11.9 Å². The van der Waals surface area contributed by atoms with Crippen LogP contribution in [0.1, 0.15) is 19.0 Å². The molecule has 0 amide bonds. The van der Waals surface area contributed by atoms with E-state index in [0.29, 0.717) is 12.5 Å². The molecule has 1 unspecified atom stereocenters. The number of rotatable bonds is 5. The second-order valence-electron chi connectivity index (χ2n) is 5.12. The molecule has 1 aromatic heterocycles. The van der Waals surface area contributed by atoms with Crippen LogP contribution in [0.4, 0.5) is 0 Å². The molecule has 0 bridgehead atoms. The molecule has 1 saturated heterocycles. The second kappa shape index (κ2) is 9.32. The van der Waals surface area contributed by atoms with Crippen molar-refractivity contribution < 1.29 is 83.1 Å². The third-order valence-electron chi connectivity index (χ3n) is 3.21. The Morgan fingerprint density at radius 2 is 2.09 bits per heavy atom. The van der Waals surface area contributed by atoms with Gasteiger partial charge in [0.15, 0.2) is 6.29 Å². The maximum atomic E-state index is 5.79. The van der Waals surface area contributed by atoms with Crippen molar-refractivity contribution >= 4 is 0 Å². The van der Waals surface area contributed by atoms with Gasteiger partial charge < -0.3 is 14.2 Å². The molecule has 0 N–H and O–H groups in total. The smallest absolute Gasteiger partial charge is 0.520 e. The Balaban J connectivity index is 0.00000176. The van der Waals surface area contributed by atoms with E-state index in [9.17, 15) is 0 Å². The summed E-state index contributed by atoms with van der Waals surface area (Å²) in [7, 11) is 0. The van der Waals surface area contributed by atoms with E-state index in [0.717, 1.165) is 23.6 Å². The van der Waals surface area contributed by atoms with Crippen molar-refractivity contribution in [3.8, 4) is 11.5 Å². The van der Waals surface area contributed by atoms with Crippen LogP contribution in [0.3, 0.4) is 0 Å². The van der Waals surface area contributed by atoms with Gasteiger partial charge in [0.05, 0.1) is 5.69 Å². The largest absolute Gasteiger partial charge is 1.00 e. The first-order chi connectivity index (χ1) is 10.3. The van der Waals surface area contributed by atoms with Crippen molar-refractivity contribution in [1.29, 1.82) is 0 Å². The number of pyridine rings is 1. The fraction of sp³-hybridized carbons (Fsp3) is 0.294. The molecule has 5 heteroatoms. The summed E-state index contributed by atoms with van der Waals surface area (Å²) in [5.41, 5.74) is 0.895. The average Bonchev–Trinajstić information content (AvgIpc) is 2.92. The first-order valence-electron chi connectivity index (χ1n) is 7.08. The maximum absolute atomic E-state index is 5.79. The van der Waals surface area contributed by atoms with E-state index >= 15 is 0 Å². The van der Waals surface area contributed by atoms with Crippen molar-refractivity contribution in [2.24, 2.45) is 5.92 Å². The van der Waals surface area contributed by atoms with Crippen LogP contribution in [0.25, 0.3) is 0 Å². The topological polar surface area (TPSA) is 40.6 Å². The minimum Gasteiger partial charge on any atom is -0.520 e. The Hall–Kier alpha value is -0.0181. The van der Waals surface area contributed by atoms with E-state index in [4.69, 9.17) is 14.2 Å². The molecule has 2 heterocycles. The Morgan fingerprint density at radius 1 is 1.23 bits per heavy atom. The molecular weight excluding hydrogens is 399 g/mol. The zero-order valence-corrected chi connectivity index (χ0v) is 19.2. The van der Waals surface area contributed by atoms with Gasteiger partial charge in [0.25, 0.3) is 0 Å². The molecule has 0 saturated carbocycles. The Bertz CT molecular complexity index is 579. The van der Waals surface area contributed by atoms with Crippen LogP contribution in [0, 0.1) is 12.5 Å². The van der Waals surface area contributed by atoms with Gasteiger partial charge in [-0.25, -0.2) is 6.61 Å². The molecule has 1 aromatic carbocycles. The Labute approximate surface area is 190 Å². The fourth-order valence-corrected chi connectivity index (χ4v) is 2.14. The molecule has 3 rings (SSSR count). The molecule has 0 spiro atoms. The van der Waals surface area contributed by atoms with Crippen molar-refractivity contribution in [3.63, 3.8) is 0 Å². The van der Waals surface area contributed by atoms with Gasteiger partial charge in [0, 0.05) is 12.3 Å². The molecule has 22 heavy (non-hydrogen) atoms. The molecule has 1 aliphatic heterocycles. The standard InChI is InChI=1S/C17H18NO3.Cs/c1-13-9-17(20-11-13)21-16-7-4-6-15(10-16)19-12-14-5-2-3-8-18-14;/h2-8,10-11,13,17H,9,12H2,1H3;/q-1;+1/t13-,17?;/m1./s1. The van der Waals surface area contributed by atoms with Crippen molar-refractivity contribution in [3.05, 3.63) is 61.0 Å². The summed E-state index contributed by atoms with van der Waals surface area (Å²) in [5, 5.41) is 0. The van der Waals surface area contributed by atoms with Gasteiger partial charge in [0.1, 0.15) is 18.1 Å². The van der Waals surface area contributed by atoms with Crippen LogP contribution in [-0.2, 0) is 11.3 Å². The van der Waals surface area contributed by atoms with Crippen LogP contribution in [-0.4, -0.2) is 11.3 Å². The van der Waals surface area contributed by atoms with E-state index in [-0.39, 0.29) is 75.2 Å². The van der Waals surface area contributed by atoms with Gasteiger partial charge in [-0.1, -0.05) is 19.1 Å². The minimum absolute atomic E-state index is 0. The molecule has 0 radical (unpaired) electrons. The van der Waals surface area contributed by atoms with Crippen LogP contribution < -0.4 is 78.4 Å². The third kappa shape index (κ3) is 5.56. The first-order valence-corrected chi connectivity index (χ1v) is 7.08. The Kier molecular flexibility index (Phi) is 7.76. The summed E-state index contributed by atoms with van der Waals surface area (Å²) in [6.07, 6.45) is 2.43. The van der Waals surface area contributed by atoms with Crippen molar-refractivity contribution in [1.82, 2.24) is 4.98 Å².